The van der Waals surface area contributed by atoms with Gasteiger partial charge in [-0.05, 0) is 48.2 Å². The van der Waals surface area contributed by atoms with Gasteiger partial charge in [-0.1, -0.05) is 37.0 Å². The van der Waals surface area contributed by atoms with Gasteiger partial charge in [-0.3, -0.25) is 9.59 Å². The normalized spacial score (nSPS) is 11.8. The molecule has 0 aliphatic heterocycles. The lowest BCUT2D eigenvalue weighted by atomic mass is 9.91. The number of halogens is 5. The molecule has 0 aliphatic rings. The van der Waals surface area contributed by atoms with Crippen LogP contribution < -0.4 is 0 Å². The van der Waals surface area contributed by atoms with Gasteiger partial charge in [0, 0.05) is 35.7 Å². The average molecular weight is 498 g/mol. The molecule has 0 N–H and O–H groups in total. The summed E-state index contributed by atoms with van der Waals surface area (Å²) in [4.78, 5) is 30.0. The van der Waals surface area contributed by atoms with Crippen LogP contribution in [0.4, 0.5) is 13.2 Å². The highest BCUT2D eigenvalue weighted by Gasteiger charge is 2.36. The Hall–Kier alpha value is -2.71. The molecule has 0 amide bonds. The summed E-state index contributed by atoms with van der Waals surface area (Å²) < 4.78 is 40.9. The molecule has 3 aromatic rings. The van der Waals surface area contributed by atoms with Crippen LogP contribution >= 0.6 is 23.2 Å². The summed E-state index contributed by atoms with van der Waals surface area (Å²) >= 11 is 12.2. The molecule has 0 aliphatic carbocycles. The number of Topliss-reactive ketones (excluding diaryl/α,β-unsaturated/α-hetero) is 2. The first kappa shape index (κ1) is 24.9. The van der Waals surface area contributed by atoms with E-state index in [9.17, 15) is 22.8 Å². The summed E-state index contributed by atoms with van der Waals surface area (Å²) in [6.45, 7) is 5.45. The number of rotatable bonds is 7. The Morgan fingerprint density at radius 3 is 2.42 bits per heavy atom. The highest BCUT2D eigenvalue weighted by atomic mass is 35.5. The third-order valence-corrected chi connectivity index (χ3v) is 5.41. The van der Waals surface area contributed by atoms with Crippen LogP contribution in [-0.4, -0.2) is 26.3 Å². The largest absolute Gasteiger partial charge is 0.435 e. The summed E-state index contributed by atoms with van der Waals surface area (Å²) in [5.41, 5.74) is -0.333. The van der Waals surface area contributed by atoms with Crippen LogP contribution in [0.25, 0.3) is 5.82 Å². The zero-order valence-corrected chi connectivity index (χ0v) is 19.5. The molecule has 0 spiro atoms. The van der Waals surface area contributed by atoms with Gasteiger partial charge in [-0.25, -0.2) is 9.67 Å². The Labute approximate surface area is 198 Å². The summed E-state index contributed by atoms with van der Waals surface area (Å²) in [6, 6.07) is 6.68. The van der Waals surface area contributed by atoms with Gasteiger partial charge in [0.25, 0.3) is 0 Å². The maximum absolute atomic E-state index is 13.4. The van der Waals surface area contributed by atoms with Crippen molar-refractivity contribution in [3.63, 3.8) is 0 Å². The minimum absolute atomic E-state index is 0.0267. The van der Waals surface area contributed by atoms with Gasteiger partial charge in [0.05, 0.1) is 5.02 Å². The molecule has 174 valence electrons. The second-order valence-corrected chi connectivity index (χ2v) is 8.85. The molecule has 1 aromatic carbocycles. The lowest BCUT2D eigenvalue weighted by molar-refractivity contribution is -0.141. The highest BCUT2D eigenvalue weighted by molar-refractivity contribution is 6.32. The third kappa shape index (κ3) is 5.62. The number of alkyl halides is 3. The second-order valence-electron chi connectivity index (χ2n) is 8.00. The first-order valence-corrected chi connectivity index (χ1v) is 10.8. The number of ketones is 2. The fourth-order valence-corrected chi connectivity index (χ4v) is 3.88. The molecule has 0 unspecified atom stereocenters. The van der Waals surface area contributed by atoms with E-state index in [4.69, 9.17) is 23.2 Å². The van der Waals surface area contributed by atoms with E-state index >= 15 is 0 Å². The zero-order chi connectivity index (χ0) is 24.5. The van der Waals surface area contributed by atoms with Crippen molar-refractivity contribution in [1.29, 1.82) is 0 Å². The first-order valence-electron chi connectivity index (χ1n) is 10.0. The van der Waals surface area contributed by atoms with Crippen molar-refractivity contribution in [2.24, 2.45) is 5.92 Å². The number of hydrogen-bond donors (Lipinski definition) is 0. The van der Waals surface area contributed by atoms with Gasteiger partial charge < -0.3 is 0 Å². The summed E-state index contributed by atoms with van der Waals surface area (Å²) in [7, 11) is 0. The lowest BCUT2D eigenvalue weighted by Crippen LogP contribution is -2.16. The molecular formula is C23H20Cl2F3N3O2. The fourth-order valence-electron chi connectivity index (χ4n) is 3.40. The molecule has 0 saturated heterocycles. The van der Waals surface area contributed by atoms with Gasteiger partial charge in [0.15, 0.2) is 23.1 Å². The first-order chi connectivity index (χ1) is 15.4. The molecule has 33 heavy (non-hydrogen) atoms. The Morgan fingerprint density at radius 2 is 1.82 bits per heavy atom. The Morgan fingerprint density at radius 1 is 1.12 bits per heavy atom. The van der Waals surface area contributed by atoms with E-state index < -0.39 is 17.7 Å². The van der Waals surface area contributed by atoms with E-state index in [-0.39, 0.29) is 46.6 Å². The molecule has 2 aromatic heterocycles. The molecule has 0 radical (unpaired) electrons. The number of nitrogens with zero attached hydrogens (tertiary/aromatic N) is 3. The van der Waals surface area contributed by atoms with Crippen LogP contribution in [-0.2, 0) is 12.6 Å². The Bertz CT molecular complexity index is 1220. The predicted molar refractivity (Wildman–Crippen MR) is 119 cm³/mol. The maximum atomic E-state index is 13.4. The highest BCUT2D eigenvalue weighted by Crippen LogP contribution is 2.31. The van der Waals surface area contributed by atoms with E-state index in [2.05, 4.69) is 10.1 Å². The van der Waals surface area contributed by atoms with Crippen LogP contribution in [0, 0.1) is 12.8 Å². The number of aromatic nitrogens is 3. The second kappa shape index (κ2) is 9.65. The van der Waals surface area contributed by atoms with Gasteiger partial charge in [0.2, 0.25) is 0 Å². The number of benzene rings is 1. The predicted octanol–water partition coefficient (Wildman–Crippen LogP) is 6.56. The van der Waals surface area contributed by atoms with E-state index in [1.54, 1.807) is 13.0 Å². The zero-order valence-electron chi connectivity index (χ0n) is 18.0. The molecule has 0 saturated carbocycles. The van der Waals surface area contributed by atoms with Crippen molar-refractivity contribution in [3.05, 3.63) is 74.7 Å². The van der Waals surface area contributed by atoms with Crippen molar-refractivity contribution >= 4 is 34.8 Å². The Kier molecular flexibility index (Phi) is 7.29. The maximum Gasteiger partial charge on any atom is 0.435 e. The van der Waals surface area contributed by atoms with Gasteiger partial charge in [-0.15, -0.1) is 0 Å². The van der Waals surface area contributed by atoms with Crippen LogP contribution in [0.5, 0.6) is 0 Å². The van der Waals surface area contributed by atoms with Gasteiger partial charge >= 0.3 is 6.18 Å². The summed E-state index contributed by atoms with van der Waals surface area (Å²) in [5, 5.41) is 3.91. The van der Waals surface area contributed by atoms with E-state index in [0.29, 0.717) is 22.2 Å². The molecule has 3 rings (SSSR count). The SMILES string of the molecule is Cc1cc(Cl)cc(C(=O)CC(C)C)c1CC(=O)c1cc(C(F)(F)F)nn1-c1ncccc1Cl. The molecule has 0 fully saturated rings. The summed E-state index contributed by atoms with van der Waals surface area (Å²) in [5.74, 6) is -0.913. The number of carbonyl (C=O) groups excluding carboxylic acids is 2. The molecule has 0 bridgehead atoms. The lowest BCUT2D eigenvalue weighted by Gasteiger charge is -2.14. The number of hydrogen-bond acceptors (Lipinski definition) is 4. The van der Waals surface area contributed by atoms with E-state index in [0.717, 1.165) is 4.68 Å². The van der Waals surface area contributed by atoms with Crippen LogP contribution in [0.2, 0.25) is 10.0 Å². The van der Waals surface area contributed by atoms with Gasteiger partial charge in [0.1, 0.15) is 5.69 Å². The van der Waals surface area contributed by atoms with E-state index in [1.165, 1.54) is 24.4 Å². The minimum atomic E-state index is -4.78. The van der Waals surface area contributed by atoms with Crippen LogP contribution in [0.15, 0.2) is 36.5 Å². The van der Waals surface area contributed by atoms with Crippen molar-refractivity contribution in [2.75, 3.05) is 0 Å². The molecular weight excluding hydrogens is 478 g/mol. The van der Waals surface area contributed by atoms with Crippen molar-refractivity contribution in [1.82, 2.24) is 14.8 Å². The average Bonchev–Trinajstić information content (AvgIpc) is 3.15. The number of pyridine rings is 1. The smallest absolute Gasteiger partial charge is 0.294 e. The quantitative estimate of drug-likeness (QED) is 0.347. The third-order valence-electron chi connectivity index (χ3n) is 4.89. The van der Waals surface area contributed by atoms with E-state index in [1.807, 2.05) is 13.8 Å². The summed E-state index contributed by atoms with van der Waals surface area (Å²) in [6.07, 6.45) is -3.54. The molecule has 5 nitrogen and oxygen atoms in total. The molecule has 2 heterocycles. The van der Waals surface area contributed by atoms with Crippen molar-refractivity contribution in [3.8, 4) is 5.82 Å². The number of carbonyl (C=O) groups is 2. The topological polar surface area (TPSA) is 64.8 Å². The molecule has 0 atom stereocenters. The van der Waals surface area contributed by atoms with Gasteiger partial charge in [-0.2, -0.15) is 18.3 Å². The minimum Gasteiger partial charge on any atom is -0.294 e. The van der Waals surface area contributed by atoms with Crippen molar-refractivity contribution < 1.29 is 22.8 Å². The fraction of sp³-hybridized carbons (Fsp3) is 0.304. The standard InChI is InChI=1S/C23H20Cl2F3N3O2/c1-12(2)7-19(32)16-9-14(24)8-13(3)15(16)10-20(33)18-11-21(23(26,27)28)30-31(18)22-17(25)5-4-6-29-22/h4-6,8-9,11-12H,7,10H2,1-3H3. The monoisotopic (exact) mass is 497 g/mol. The number of aryl methyl sites for hydroxylation is 1. The van der Waals surface area contributed by atoms with Crippen molar-refractivity contribution in [2.45, 2.75) is 39.8 Å². The Balaban J connectivity index is 2.10. The van der Waals surface area contributed by atoms with Crippen LogP contribution in [0.3, 0.4) is 0 Å². The molecule has 10 heteroatoms. The van der Waals surface area contributed by atoms with Crippen LogP contribution in [0.1, 0.15) is 57.9 Å².